The molecule has 3 aromatic rings. The van der Waals surface area contributed by atoms with Crippen molar-refractivity contribution in [2.45, 2.75) is 51.1 Å². The second-order valence-corrected chi connectivity index (χ2v) is 8.84. The summed E-state index contributed by atoms with van der Waals surface area (Å²) in [6, 6.07) is 4.43. The predicted molar refractivity (Wildman–Crippen MR) is 111 cm³/mol. The van der Waals surface area contributed by atoms with Gasteiger partial charge in [-0.2, -0.15) is 27.9 Å². The molecule has 3 heterocycles. The maximum absolute atomic E-state index is 12.7. The number of carbonyl (C=O) groups is 1. The summed E-state index contributed by atoms with van der Waals surface area (Å²) >= 11 is 0. The maximum atomic E-state index is 12.7. The lowest BCUT2D eigenvalue weighted by atomic mass is 9.84. The van der Waals surface area contributed by atoms with E-state index in [1.807, 2.05) is 0 Å². The van der Waals surface area contributed by atoms with Crippen molar-refractivity contribution in [1.29, 1.82) is 0 Å². The molecule has 2 aliphatic rings. The number of benzene rings is 1. The zero-order chi connectivity index (χ0) is 23.2. The van der Waals surface area contributed by atoms with E-state index in [-0.39, 0.29) is 23.0 Å². The summed E-state index contributed by atoms with van der Waals surface area (Å²) in [6.07, 6.45) is 0.792. The van der Waals surface area contributed by atoms with Crippen molar-refractivity contribution in [3.63, 3.8) is 0 Å². The first-order chi connectivity index (χ1) is 15.8. The molecule has 2 aromatic heterocycles. The van der Waals surface area contributed by atoms with E-state index < -0.39 is 12.1 Å². The average molecular weight is 463 g/mol. The van der Waals surface area contributed by atoms with Crippen LogP contribution in [0, 0.1) is 12.8 Å². The van der Waals surface area contributed by atoms with Crippen molar-refractivity contribution < 1.29 is 27.2 Å². The van der Waals surface area contributed by atoms with Gasteiger partial charge in [0.15, 0.2) is 0 Å². The molecule has 0 spiro atoms. The second-order valence-electron chi connectivity index (χ2n) is 8.84. The first-order valence-corrected chi connectivity index (χ1v) is 11.1. The third kappa shape index (κ3) is 4.33. The van der Waals surface area contributed by atoms with E-state index in [0.29, 0.717) is 17.1 Å². The molecule has 0 atom stereocenters. The molecule has 1 saturated heterocycles. The number of nitrogens with zero attached hydrogens (tertiary/aromatic N) is 5. The highest BCUT2D eigenvalue weighted by Crippen LogP contribution is 2.33. The molecular formula is C22H24F3N5O3. The molecule has 0 amide bonds. The molecule has 5 rings (SSSR count). The van der Waals surface area contributed by atoms with E-state index >= 15 is 0 Å². The Morgan fingerprint density at radius 2 is 1.97 bits per heavy atom. The zero-order valence-electron chi connectivity index (χ0n) is 18.1. The van der Waals surface area contributed by atoms with Crippen LogP contribution < -0.4 is 4.74 Å². The van der Waals surface area contributed by atoms with Crippen molar-refractivity contribution in [2.75, 3.05) is 19.6 Å². The molecule has 0 bridgehead atoms. The number of carbonyl (C=O) groups excluding carboxylic acids is 1. The number of aromatic nitrogens is 4. The highest BCUT2D eigenvalue weighted by Gasteiger charge is 2.41. The van der Waals surface area contributed by atoms with Gasteiger partial charge < -0.3 is 14.2 Å². The molecule has 0 radical (unpaired) electrons. The molecule has 1 saturated carbocycles. The van der Waals surface area contributed by atoms with Gasteiger partial charge in [-0.3, -0.25) is 0 Å². The number of fused-ring (bicyclic) bond motifs is 1. The number of hydrogen-bond acceptors (Lipinski definition) is 7. The van der Waals surface area contributed by atoms with E-state index in [1.54, 1.807) is 13.0 Å². The average Bonchev–Trinajstić information content (AvgIpc) is 3.36. The van der Waals surface area contributed by atoms with Crippen LogP contribution in [0.5, 0.6) is 5.75 Å². The molecule has 2 fully saturated rings. The van der Waals surface area contributed by atoms with Gasteiger partial charge in [0.25, 0.3) is 5.95 Å². The summed E-state index contributed by atoms with van der Waals surface area (Å²) in [6.45, 7) is 4.78. The number of halogens is 3. The number of likely N-dealkylation sites (tertiary alicyclic amines) is 1. The fourth-order valence-electron chi connectivity index (χ4n) is 4.59. The van der Waals surface area contributed by atoms with Crippen LogP contribution in [0.4, 0.5) is 13.2 Å². The summed E-state index contributed by atoms with van der Waals surface area (Å²) in [5.74, 6) is -0.773. The monoisotopic (exact) mass is 463 g/mol. The highest BCUT2D eigenvalue weighted by atomic mass is 19.4. The minimum absolute atomic E-state index is 0.162. The number of esters is 1. The van der Waals surface area contributed by atoms with E-state index in [2.05, 4.69) is 24.9 Å². The predicted octanol–water partition coefficient (Wildman–Crippen LogP) is 4.16. The number of aryl methyl sites for hydroxylation is 1. The molecule has 8 nitrogen and oxygen atoms in total. The first kappa shape index (κ1) is 21.9. The summed E-state index contributed by atoms with van der Waals surface area (Å²) in [4.78, 5) is 18.4. The van der Waals surface area contributed by atoms with E-state index in [0.717, 1.165) is 31.8 Å². The fraction of sp³-hybridized carbons (Fsp3) is 0.545. The van der Waals surface area contributed by atoms with Crippen LogP contribution in [0.3, 0.4) is 0 Å². The molecule has 11 heteroatoms. The number of piperidine rings is 1. The Labute approximate surface area is 187 Å². The van der Waals surface area contributed by atoms with Crippen LogP contribution in [0.1, 0.15) is 49.6 Å². The summed E-state index contributed by atoms with van der Waals surface area (Å²) in [5.41, 5.74) is 0.800. The standard InChI is InChI=1S/C22H24F3N5O3/c1-13-18-16(6-3-7-17(18)32-20(31)22(23,24)25)30(27-13)21-26-19(33-28-21)15-8-10-29(11-9-15)12-14-4-2-5-14/h3,6-7,14-15H,2,4-5,8-12H2,1H3. The van der Waals surface area contributed by atoms with Crippen molar-refractivity contribution >= 4 is 16.9 Å². The van der Waals surface area contributed by atoms with Gasteiger partial charge in [0, 0.05) is 12.5 Å². The Morgan fingerprint density at radius 1 is 1.21 bits per heavy atom. The van der Waals surface area contributed by atoms with Gasteiger partial charge in [0.05, 0.1) is 16.6 Å². The lowest BCUT2D eigenvalue weighted by Gasteiger charge is -2.36. The second kappa shape index (κ2) is 8.44. The van der Waals surface area contributed by atoms with E-state index in [1.165, 1.54) is 42.6 Å². The third-order valence-corrected chi connectivity index (χ3v) is 6.58. The molecule has 1 aliphatic carbocycles. The van der Waals surface area contributed by atoms with Gasteiger partial charge in [-0.15, -0.1) is 0 Å². The van der Waals surface area contributed by atoms with Crippen molar-refractivity contribution in [3.8, 4) is 11.7 Å². The van der Waals surface area contributed by atoms with Crippen LogP contribution >= 0.6 is 0 Å². The molecule has 33 heavy (non-hydrogen) atoms. The quantitative estimate of drug-likeness (QED) is 0.415. The van der Waals surface area contributed by atoms with Gasteiger partial charge in [-0.05, 0) is 68.9 Å². The van der Waals surface area contributed by atoms with Crippen LogP contribution in [0.25, 0.3) is 16.9 Å². The molecule has 176 valence electrons. The molecule has 0 unspecified atom stereocenters. The van der Waals surface area contributed by atoms with E-state index in [9.17, 15) is 18.0 Å². The summed E-state index contributed by atoms with van der Waals surface area (Å²) in [5, 5.41) is 8.70. The van der Waals surface area contributed by atoms with Crippen LogP contribution in [0.15, 0.2) is 22.7 Å². The Morgan fingerprint density at radius 3 is 2.64 bits per heavy atom. The third-order valence-electron chi connectivity index (χ3n) is 6.58. The smallest absolute Gasteiger partial charge is 0.419 e. The van der Waals surface area contributed by atoms with Gasteiger partial charge in [-0.1, -0.05) is 12.5 Å². The number of hydrogen-bond donors (Lipinski definition) is 0. The van der Waals surface area contributed by atoms with Crippen molar-refractivity contribution in [3.05, 3.63) is 29.8 Å². The lowest BCUT2D eigenvalue weighted by molar-refractivity contribution is -0.189. The normalized spacial score (nSPS) is 18.5. The SMILES string of the molecule is Cc1nn(-c2noc(C3CCN(CC4CCC4)CC3)n2)c2cccc(OC(=O)C(F)(F)F)c12. The minimum atomic E-state index is -5.10. The van der Waals surface area contributed by atoms with Crippen molar-refractivity contribution in [1.82, 2.24) is 24.8 Å². The van der Waals surface area contributed by atoms with Crippen LogP contribution in [-0.2, 0) is 4.79 Å². The van der Waals surface area contributed by atoms with Gasteiger partial charge in [0.2, 0.25) is 5.89 Å². The Bertz CT molecular complexity index is 1160. The van der Waals surface area contributed by atoms with Crippen LogP contribution in [0.2, 0.25) is 0 Å². The fourth-order valence-corrected chi connectivity index (χ4v) is 4.59. The minimum Gasteiger partial charge on any atom is -0.419 e. The zero-order valence-corrected chi connectivity index (χ0v) is 18.1. The van der Waals surface area contributed by atoms with Crippen LogP contribution in [-0.4, -0.2) is 56.6 Å². The highest BCUT2D eigenvalue weighted by molar-refractivity contribution is 5.91. The topological polar surface area (TPSA) is 86.3 Å². The Kier molecular flexibility index (Phi) is 5.59. The maximum Gasteiger partial charge on any atom is 0.491 e. The molecule has 0 N–H and O–H groups in total. The first-order valence-electron chi connectivity index (χ1n) is 11.1. The van der Waals surface area contributed by atoms with E-state index in [4.69, 9.17) is 4.52 Å². The Hall–Kier alpha value is -2.95. The Balaban J connectivity index is 1.34. The lowest BCUT2D eigenvalue weighted by Crippen LogP contribution is -2.38. The number of ether oxygens (including phenoxy) is 1. The molecule has 1 aliphatic heterocycles. The number of rotatable bonds is 5. The number of alkyl halides is 3. The van der Waals surface area contributed by atoms with Gasteiger partial charge >= 0.3 is 12.1 Å². The van der Waals surface area contributed by atoms with Gasteiger partial charge in [-0.25, -0.2) is 4.79 Å². The van der Waals surface area contributed by atoms with Crippen molar-refractivity contribution in [2.24, 2.45) is 5.92 Å². The summed E-state index contributed by atoms with van der Waals surface area (Å²) < 4.78 is 49.5. The summed E-state index contributed by atoms with van der Waals surface area (Å²) in [7, 11) is 0. The molecule has 1 aromatic carbocycles. The molecular weight excluding hydrogens is 439 g/mol. The largest absolute Gasteiger partial charge is 0.491 e. The van der Waals surface area contributed by atoms with Gasteiger partial charge in [0.1, 0.15) is 5.75 Å².